The zero-order valence-corrected chi connectivity index (χ0v) is 15.8. The second-order valence-corrected chi connectivity index (χ2v) is 7.37. The van der Waals surface area contributed by atoms with E-state index in [9.17, 15) is 9.18 Å². The van der Waals surface area contributed by atoms with E-state index in [4.69, 9.17) is 11.6 Å². The second kappa shape index (κ2) is 7.09. The molecule has 0 aliphatic carbocycles. The lowest BCUT2D eigenvalue weighted by Crippen LogP contribution is -2.13. The summed E-state index contributed by atoms with van der Waals surface area (Å²) >= 11 is 7.62. The van der Waals surface area contributed by atoms with Crippen LogP contribution in [0.1, 0.15) is 21.6 Å². The fourth-order valence-electron chi connectivity index (χ4n) is 2.78. The number of anilines is 1. The molecule has 136 valence electrons. The second-order valence-electron chi connectivity index (χ2n) is 5.98. The molecule has 0 aliphatic heterocycles. The highest BCUT2D eigenvalue weighted by atomic mass is 35.5. The number of halogens is 2. The Labute approximate surface area is 163 Å². The van der Waals surface area contributed by atoms with Gasteiger partial charge in [-0.2, -0.15) is 5.10 Å². The molecule has 1 amide bonds. The van der Waals surface area contributed by atoms with Gasteiger partial charge in [0.25, 0.3) is 5.91 Å². The summed E-state index contributed by atoms with van der Waals surface area (Å²) in [5.41, 5.74) is 2.49. The lowest BCUT2D eigenvalue weighted by molar-refractivity contribution is 0.102. The first kappa shape index (κ1) is 17.6. The molecular weight excluding hydrogens is 387 g/mol. The normalized spacial score (nSPS) is 11.1. The van der Waals surface area contributed by atoms with Crippen molar-refractivity contribution >= 4 is 44.2 Å². The molecule has 2 aromatic carbocycles. The Morgan fingerprint density at radius 3 is 2.81 bits per heavy atom. The number of aromatic nitrogens is 3. The molecule has 2 aromatic heterocycles. The van der Waals surface area contributed by atoms with Gasteiger partial charge in [-0.1, -0.05) is 53.3 Å². The quantitative estimate of drug-likeness (QED) is 0.530. The molecule has 8 heteroatoms. The van der Waals surface area contributed by atoms with Gasteiger partial charge in [-0.25, -0.2) is 14.1 Å². The van der Waals surface area contributed by atoms with Crippen LogP contribution in [0.2, 0.25) is 5.15 Å². The van der Waals surface area contributed by atoms with Gasteiger partial charge in [-0.05, 0) is 30.7 Å². The van der Waals surface area contributed by atoms with Crippen LogP contribution in [0.25, 0.3) is 10.2 Å². The minimum absolute atomic E-state index is 0.265. The highest BCUT2D eigenvalue weighted by molar-refractivity contribution is 7.22. The Morgan fingerprint density at radius 2 is 2.04 bits per heavy atom. The Balaban J connectivity index is 1.59. The number of carbonyl (C=O) groups excluding carboxylic acids is 1. The minimum Gasteiger partial charge on any atom is -0.298 e. The van der Waals surface area contributed by atoms with Gasteiger partial charge < -0.3 is 0 Å². The number of hydrogen-bond acceptors (Lipinski definition) is 4. The van der Waals surface area contributed by atoms with E-state index in [2.05, 4.69) is 15.4 Å². The molecule has 0 bridgehead atoms. The molecule has 2 heterocycles. The Hall–Kier alpha value is -2.77. The predicted octanol–water partition coefficient (Wildman–Crippen LogP) is 4.89. The SMILES string of the molecule is Cc1nn(Cc2ccccc2)c(Cl)c1C(=O)Nc1nc2ccc(F)cc2s1. The zero-order valence-electron chi connectivity index (χ0n) is 14.2. The van der Waals surface area contributed by atoms with Crippen molar-refractivity contribution in [2.45, 2.75) is 13.5 Å². The molecule has 0 atom stereocenters. The average Bonchev–Trinajstić information content (AvgIpc) is 3.15. The molecule has 1 N–H and O–H groups in total. The minimum atomic E-state index is -0.392. The summed E-state index contributed by atoms with van der Waals surface area (Å²) in [6.07, 6.45) is 0. The van der Waals surface area contributed by atoms with Crippen LogP contribution in [0.15, 0.2) is 48.5 Å². The smallest absolute Gasteiger partial charge is 0.262 e. The van der Waals surface area contributed by atoms with Gasteiger partial charge in [0.05, 0.1) is 28.0 Å². The lowest BCUT2D eigenvalue weighted by Gasteiger charge is -2.04. The third-order valence-electron chi connectivity index (χ3n) is 4.04. The number of nitrogens with one attached hydrogen (secondary N) is 1. The molecule has 0 radical (unpaired) electrons. The molecule has 0 unspecified atom stereocenters. The van der Waals surface area contributed by atoms with Crippen molar-refractivity contribution in [3.05, 3.63) is 76.3 Å². The van der Waals surface area contributed by atoms with Crippen molar-refractivity contribution < 1.29 is 9.18 Å². The molecule has 0 fully saturated rings. The van der Waals surface area contributed by atoms with Crippen LogP contribution in [0.4, 0.5) is 9.52 Å². The average molecular weight is 401 g/mol. The number of thiazole rings is 1. The van der Waals surface area contributed by atoms with E-state index >= 15 is 0 Å². The van der Waals surface area contributed by atoms with Crippen LogP contribution in [-0.4, -0.2) is 20.7 Å². The van der Waals surface area contributed by atoms with Crippen LogP contribution in [0.3, 0.4) is 0 Å². The third-order valence-corrected chi connectivity index (χ3v) is 5.36. The highest BCUT2D eigenvalue weighted by Crippen LogP contribution is 2.28. The molecule has 0 spiro atoms. The number of aryl methyl sites for hydroxylation is 1. The summed E-state index contributed by atoms with van der Waals surface area (Å²) < 4.78 is 15.6. The maximum atomic E-state index is 13.3. The molecular formula is C19H14ClFN4OS. The van der Waals surface area contributed by atoms with Crippen molar-refractivity contribution in [1.29, 1.82) is 0 Å². The monoisotopic (exact) mass is 400 g/mol. The fraction of sp³-hybridized carbons (Fsp3) is 0.105. The molecule has 27 heavy (non-hydrogen) atoms. The van der Waals surface area contributed by atoms with E-state index in [0.29, 0.717) is 33.2 Å². The van der Waals surface area contributed by atoms with Crippen molar-refractivity contribution in [3.8, 4) is 0 Å². The van der Waals surface area contributed by atoms with Crippen molar-refractivity contribution in [2.24, 2.45) is 0 Å². The van der Waals surface area contributed by atoms with Crippen LogP contribution >= 0.6 is 22.9 Å². The van der Waals surface area contributed by atoms with Crippen molar-refractivity contribution in [1.82, 2.24) is 14.8 Å². The number of nitrogens with zero attached hydrogens (tertiary/aromatic N) is 3. The summed E-state index contributed by atoms with van der Waals surface area (Å²) in [6, 6.07) is 14.0. The molecule has 4 rings (SSSR count). The number of rotatable bonds is 4. The summed E-state index contributed by atoms with van der Waals surface area (Å²) in [4.78, 5) is 17.0. The standard InChI is InChI=1S/C19H14ClFN4OS/c1-11-16(17(20)25(24-11)10-12-5-3-2-4-6-12)18(26)23-19-22-14-8-7-13(21)9-15(14)27-19/h2-9H,10H2,1H3,(H,22,23,26). The third kappa shape index (κ3) is 3.56. The van der Waals surface area contributed by atoms with E-state index in [0.717, 1.165) is 5.56 Å². The summed E-state index contributed by atoms with van der Waals surface area (Å²) in [5.74, 6) is -0.735. The van der Waals surface area contributed by atoms with Gasteiger partial charge in [-0.3, -0.25) is 10.1 Å². The van der Waals surface area contributed by atoms with Crippen LogP contribution in [0, 0.1) is 12.7 Å². The Morgan fingerprint density at radius 1 is 1.26 bits per heavy atom. The van der Waals surface area contributed by atoms with E-state index < -0.39 is 5.91 Å². The maximum absolute atomic E-state index is 13.3. The Bertz CT molecular complexity index is 1140. The van der Waals surface area contributed by atoms with Crippen LogP contribution < -0.4 is 5.32 Å². The van der Waals surface area contributed by atoms with Gasteiger partial charge in [0.1, 0.15) is 11.0 Å². The van der Waals surface area contributed by atoms with E-state index in [1.54, 1.807) is 17.7 Å². The van der Waals surface area contributed by atoms with Gasteiger partial charge in [0, 0.05) is 0 Å². The maximum Gasteiger partial charge on any atom is 0.262 e. The summed E-state index contributed by atoms with van der Waals surface area (Å²) in [5, 5.41) is 7.76. The first-order valence-corrected chi connectivity index (χ1v) is 9.35. The first-order valence-electron chi connectivity index (χ1n) is 8.15. The number of benzene rings is 2. The number of hydrogen-bond donors (Lipinski definition) is 1. The molecule has 0 aliphatic rings. The van der Waals surface area contributed by atoms with E-state index in [1.165, 1.54) is 23.5 Å². The molecule has 4 aromatic rings. The van der Waals surface area contributed by atoms with Gasteiger partial charge in [-0.15, -0.1) is 0 Å². The van der Waals surface area contributed by atoms with Crippen molar-refractivity contribution in [3.63, 3.8) is 0 Å². The number of carbonyl (C=O) groups is 1. The summed E-state index contributed by atoms with van der Waals surface area (Å²) in [7, 11) is 0. The zero-order chi connectivity index (χ0) is 19.0. The number of amides is 1. The largest absolute Gasteiger partial charge is 0.298 e. The van der Waals surface area contributed by atoms with Gasteiger partial charge in [0.2, 0.25) is 0 Å². The topological polar surface area (TPSA) is 59.8 Å². The van der Waals surface area contributed by atoms with E-state index in [-0.39, 0.29) is 11.0 Å². The molecule has 5 nitrogen and oxygen atoms in total. The molecule has 0 saturated heterocycles. The molecule has 0 saturated carbocycles. The van der Waals surface area contributed by atoms with Crippen LogP contribution in [0.5, 0.6) is 0 Å². The predicted molar refractivity (Wildman–Crippen MR) is 105 cm³/mol. The first-order chi connectivity index (χ1) is 13.0. The van der Waals surface area contributed by atoms with Gasteiger partial charge in [0.15, 0.2) is 5.13 Å². The lowest BCUT2D eigenvalue weighted by atomic mass is 10.2. The Kier molecular flexibility index (Phi) is 4.63. The summed E-state index contributed by atoms with van der Waals surface area (Å²) in [6.45, 7) is 2.20. The van der Waals surface area contributed by atoms with E-state index in [1.807, 2.05) is 30.3 Å². The number of fused-ring (bicyclic) bond motifs is 1. The fourth-order valence-corrected chi connectivity index (χ4v) is 3.99. The highest BCUT2D eigenvalue weighted by Gasteiger charge is 2.21. The van der Waals surface area contributed by atoms with Crippen LogP contribution in [-0.2, 0) is 6.54 Å². The van der Waals surface area contributed by atoms with Gasteiger partial charge >= 0.3 is 0 Å². The van der Waals surface area contributed by atoms with Crippen molar-refractivity contribution in [2.75, 3.05) is 5.32 Å².